The van der Waals surface area contributed by atoms with Gasteiger partial charge in [0.15, 0.2) is 0 Å². The van der Waals surface area contributed by atoms with Crippen LogP contribution in [0.1, 0.15) is 35.2 Å². The zero-order valence-electron chi connectivity index (χ0n) is 31.6. The van der Waals surface area contributed by atoms with Gasteiger partial charge in [-0.15, -0.1) is 0 Å². The molecule has 12 rings (SSSR count). The summed E-state index contributed by atoms with van der Waals surface area (Å²) in [5.74, 6) is 0. The first-order chi connectivity index (χ1) is 28.7. The maximum absolute atomic E-state index is 6.39. The summed E-state index contributed by atoms with van der Waals surface area (Å²) in [6.07, 6.45) is -0.519. The molecule has 0 saturated carbocycles. The van der Waals surface area contributed by atoms with Crippen LogP contribution in [-0.2, 0) is 0 Å². The van der Waals surface area contributed by atoms with Crippen molar-refractivity contribution in [3.8, 4) is 16.8 Å². The Bertz CT molecular complexity index is 3350. The van der Waals surface area contributed by atoms with Crippen LogP contribution in [0.2, 0.25) is 0 Å². The zero-order chi connectivity index (χ0) is 38.2. The van der Waals surface area contributed by atoms with Crippen LogP contribution in [0.25, 0.3) is 82.1 Å². The lowest BCUT2D eigenvalue weighted by Gasteiger charge is -2.39. The second-order valence-corrected chi connectivity index (χ2v) is 15.5. The van der Waals surface area contributed by atoms with E-state index in [1.165, 1.54) is 60.0 Å². The average Bonchev–Trinajstić information content (AvgIpc) is 3.82. The summed E-state index contributed by atoms with van der Waals surface area (Å²) in [5, 5.41) is 21.5. The van der Waals surface area contributed by atoms with E-state index in [0.717, 1.165) is 38.8 Å². The number of aromatic nitrogens is 1. The zero-order valence-corrected chi connectivity index (χ0v) is 31.6. The molecule has 0 aliphatic carbocycles. The van der Waals surface area contributed by atoms with Crippen LogP contribution in [0.3, 0.4) is 0 Å². The Morgan fingerprint density at radius 2 is 0.931 bits per heavy atom. The molecule has 3 heterocycles. The summed E-state index contributed by atoms with van der Waals surface area (Å²) < 4.78 is 8.81. The number of hydrogen-bond donors (Lipinski definition) is 3. The molecule has 0 spiro atoms. The van der Waals surface area contributed by atoms with Crippen LogP contribution < -0.4 is 16.0 Å². The fourth-order valence-corrected chi connectivity index (χ4v) is 9.15. The number of rotatable bonds is 5. The minimum absolute atomic E-state index is 0.159. The van der Waals surface area contributed by atoms with Gasteiger partial charge in [0, 0.05) is 27.2 Å². The molecule has 5 heteroatoms. The van der Waals surface area contributed by atoms with Gasteiger partial charge in [0.1, 0.15) is 11.2 Å². The van der Waals surface area contributed by atoms with E-state index in [-0.39, 0.29) is 18.5 Å². The van der Waals surface area contributed by atoms with E-state index in [0.29, 0.717) is 0 Å². The third-order valence-corrected chi connectivity index (χ3v) is 12.0. The quantitative estimate of drug-likeness (QED) is 0.164. The number of para-hydroxylation sites is 2. The third-order valence-electron chi connectivity index (χ3n) is 12.0. The van der Waals surface area contributed by atoms with Gasteiger partial charge < -0.3 is 8.98 Å². The molecule has 58 heavy (non-hydrogen) atoms. The molecule has 2 aromatic heterocycles. The Labute approximate surface area is 335 Å². The predicted molar refractivity (Wildman–Crippen MR) is 239 cm³/mol. The van der Waals surface area contributed by atoms with Crippen LogP contribution in [0.15, 0.2) is 199 Å². The van der Waals surface area contributed by atoms with Crippen molar-refractivity contribution in [2.75, 3.05) is 0 Å². The smallest absolute Gasteiger partial charge is 0.135 e. The fourth-order valence-electron chi connectivity index (χ4n) is 9.15. The lowest BCUT2D eigenvalue weighted by molar-refractivity contribution is 0.203. The van der Waals surface area contributed by atoms with Crippen molar-refractivity contribution in [2.45, 2.75) is 18.5 Å². The number of hydrogen-bond acceptors (Lipinski definition) is 4. The van der Waals surface area contributed by atoms with Crippen molar-refractivity contribution < 1.29 is 4.42 Å². The van der Waals surface area contributed by atoms with Crippen molar-refractivity contribution in [1.29, 1.82) is 0 Å². The second-order valence-electron chi connectivity index (χ2n) is 15.5. The first-order valence-corrected chi connectivity index (χ1v) is 20.0. The minimum atomic E-state index is -0.181. The van der Waals surface area contributed by atoms with E-state index in [1.54, 1.807) is 0 Å². The summed E-state index contributed by atoms with van der Waals surface area (Å²) in [6.45, 7) is 0. The molecule has 276 valence electrons. The minimum Gasteiger partial charge on any atom is -0.456 e. The molecular weight excluding hydrogens is 709 g/mol. The highest BCUT2D eigenvalue weighted by molar-refractivity contribution is 6.13. The number of benzene rings is 9. The van der Waals surface area contributed by atoms with Crippen LogP contribution in [0, 0.1) is 0 Å². The number of furan rings is 1. The Morgan fingerprint density at radius 1 is 0.345 bits per heavy atom. The lowest BCUT2D eigenvalue weighted by Crippen LogP contribution is -2.54. The monoisotopic (exact) mass is 746 g/mol. The molecule has 0 radical (unpaired) electrons. The lowest BCUT2D eigenvalue weighted by atomic mass is 9.98. The largest absolute Gasteiger partial charge is 0.456 e. The third kappa shape index (κ3) is 5.52. The van der Waals surface area contributed by atoms with Crippen LogP contribution in [-0.4, -0.2) is 4.57 Å². The highest BCUT2D eigenvalue weighted by atomic mass is 16.3. The molecule has 9 aromatic carbocycles. The van der Waals surface area contributed by atoms with Gasteiger partial charge in [-0.05, 0) is 104 Å². The highest BCUT2D eigenvalue weighted by Crippen LogP contribution is 2.38. The molecule has 3 atom stereocenters. The van der Waals surface area contributed by atoms with Crippen molar-refractivity contribution in [3.63, 3.8) is 0 Å². The standard InChI is InChI=1S/C53H38N4O/c1-3-11-33(12-4-1)37-21-19-34-20-22-38(28-41(34)27-37)51-54-52(56-53(55-51)40-24-26-45-44-17-9-10-18-49(44)58-50(45)32-40)39-23-25-43-46-29-35-13-7-8-14-36(35)30-48(46)57(47(43)31-39)42-15-5-2-6-16-42/h1-32,51-56H. The number of nitrogens with zero attached hydrogens (tertiary/aromatic N) is 1. The molecule has 3 unspecified atom stereocenters. The van der Waals surface area contributed by atoms with Crippen molar-refractivity contribution in [1.82, 2.24) is 20.5 Å². The van der Waals surface area contributed by atoms with E-state index in [2.05, 4.69) is 203 Å². The Balaban J connectivity index is 0.999. The molecule has 3 N–H and O–H groups in total. The van der Waals surface area contributed by atoms with Crippen molar-refractivity contribution in [3.05, 3.63) is 211 Å². The van der Waals surface area contributed by atoms with Crippen LogP contribution in [0.5, 0.6) is 0 Å². The van der Waals surface area contributed by atoms with E-state index >= 15 is 0 Å². The first-order valence-electron chi connectivity index (χ1n) is 20.0. The summed E-state index contributed by atoms with van der Waals surface area (Å²) in [5.41, 5.74) is 11.2. The molecule has 1 aliphatic rings. The predicted octanol–water partition coefficient (Wildman–Crippen LogP) is 12.8. The van der Waals surface area contributed by atoms with Gasteiger partial charge in [-0.25, -0.2) is 0 Å². The van der Waals surface area contributed by atoms with Crippen molar-refractivity contribution in [2.24, 2.45) is 0 Å². The van der Waals surface area contributed by atoms with Crippen LogP contribution in [0.4, 0.5) is 0 Å². The van der Waals surface area contributed by atoms with Gasteiger partial charge in [0.25, 0.3) is 0 Å². The Kier molecular flexibility index (Phi) is 7.60. The van der Waals surface area contributed by atoms with Gasteiger partial charge in [0.2, 0.25) is 0 Å². The van der Waals surface area contributed by atoms with E-state index in [4.69, 9.17) is 4.42 Å². The summed E-state index contributed by atoms with van der Waals surface area (Å²) in [6, 6.07) is 70.0. The fraction of sp³-hybridized carbons (Fsp3) is 0.0566. The summed E-state index contributed by atoms with van der Waals surface area (Å²) in [7, 11) is 0. The van der Waals surface area contributed by atoms with Crippen molar-refractivity contribution >= 4 is 65.3 Å². The van der Waals surface area contributed by atoms with Gasteiger partial charge in [-0.1, -0.05) is 140 Å². The molecule has 0 amide bonds. The van der Waals surface area contributed by atoms with Gasteiger partial charge in [0.05, 0.1) is 29.5 Å². The molecular formula is C53H38N4O. The van der Waals surface area contributed by atoms with Gasteiger partial charge >= 0.3 is 0 Å². The first kappa shape index (κ1) is 33.2. The number of nitrogens with one attached hydrogen (secondary N) is 3. The SMILES string of the molecule is c1ccc(-c2ccc3ccc(C4NC(c5ccc6c(c5)oc5ccccc56)NC(c5ccc6c7cc8ccccc8cc7n(-c7ccccc7)c6c5)N4)cc3c2)cc1. The maximum atomic E-state index is 6.39. The topological polar surface area (TPSA) is 54.2 Å². The Hall–Kier alpha value is -7.02. The summed E-state index contributed by atoms with van der Waals surface area (Å²) in [4.78, 5) is 0. The molecule has 1 aliphatic heterocycles. The number of fused-ring (bicyclic) bond motifs is 8. The normalized spacial score (nSPS) is 17.3. The van der Waals surface area contributed by atoms with Gasteiger partial charge in [-0.2, -0.15) is 0 Å². The molecule has 11 aromatic rings. The average molecular weight is 747 g/mol. The summed E-state index contributed by atoms with van der Waals surface area (Å²) >= 11 is 0. The second kappa shape index (κ2) is 13.3. The Morgan fingerprint density at radius 3 is 1.72 bits per heavy atom. The molecule has 5 nitrogen and oxygen atoms in total. The van der Waals surface area contributed by atoms with Gasteiger partial charge in [-0.3, -0.25) is 16.0 Å². The molecule has 0 bridgehead atoms. The molecule has 1 fully saturated rings. The van der Waals surface area contributed by atoms with Crippen LogP contribution >= 0.6 is 0 Å². The molecule has 1 saturated heterocycles. The van der Waals surface area contributed by atoms with E-state index in [1.807, 2.05) is 12.1 Å². The maximum Gasteiger partial charge on any atom is 0.135 e. The highest BCUT2D eigenvalue weighted by Gasteiger charge is 2.31. The van der Waals surface area contributed by atoms with E-state index in [9.17, 15) is 0 Å². The van der Waals surface area contributed by atoms with E-state index < -0.39 is 0 Å².